The summed E-state index contributed by atoms with van der Waals surface area (Å²) in [5, 5.41) is 11.7. The fourth-order valence-electron chi connectivity index (χ4n) is 2.17. The molecule has 5 heteroatoms. The van der Waals surface area contributed by atoms with Crippen molar-refractivity contribution < 1.29 is 14.7 Å². The Morgan fingerprint density at radius 3 is 2.69 bits per heavy atom. The second-order valence-corrected chi connectivity index (χ2v) is 4.75. The molecule has 1 heterocycles. The zero-order valence-corrected chi connectivity index (χ0v) is 9.32. The van der Waals surface area contributed by atoms with Crippen LogP contribution in [-0.4, -0.2) is 47.6 Å². The summed E-state index contributed by atoms with van der Waals surface area (Å²) in [6, 6.07) is 0.140. The number of carbonyl (C=O) groups is 2. The van der Waals surface area contributed by atoms with Crippen molar-refractivity contribution in [2.45, 2.75) is 31.7 Å². The maximum absolute atomic E-state index is 11.6. The zero-order valence-electron chi connectivity index (χ0n) is 9.32. The van der Waals surface area contributed by atoms with E-state index in [-0.39, 0.29) is 24.4 Å². The summed E-state index contributed by atoms with van der Waals surface area (Å²) >= 11 is 0. The molecular formula is C11H18N2O3. The van der Waals surface area contributed by atoms with E-state index < -0.39 is 5.97 Å². The van der Waals surface area contributed by atoms with Gasteiger partial charge in [0.15, 0.2) is 0 Å². The Labute approximate surface area is 94.8 Å². The number of carboxylic acids is 1. The number of amides is 1. The van der Waals surface area contributed by atoms with Crippen LogP contribution in [0.1, 0.15) is 25.7 Å². The zero-order chi connectivity index (χ0) is 11.5. The summed E-state index contributed by atoms with van der Waals surface area (Å²) in [5.74, 6) is -0.411. The molecule has 0 aromatic heterocycles. The highest BCUT2D eigenvalue weighted by Crippen LogP contribution is 2.29. The van der Waals surface area contributed by atoms with E-state index in [9.17, 15) is 9.59 Å². The molecule has 0 aromatic rings. The molecule has 1 aliphatic carbocycles. The first kappa shape index (κ1) is 11.4. The Kier molecular flexibility index (Phi) is 3.43. The summed E-state index contributed by atoms with van der Waals surface area (Å²) in [4.78, 5) is 24.0. The lowest BCUT2D eigenvalue weighted by Crippen LogP contribution is -2.49. The van der Waals surface area contributed by atoms with Gasteiger partial charge in [-0.1, -0.05) is 0 Å². The van der Waals surface area contributed by atoms with E-state index in [1.165, 1.54) is 0 Å². The first-order chi connectivity index (χ1) is 7.65. The third-order valence-corrected chi connectivity index (χ3v) is 3.16. The maximum Gasteiger partial charge on any atom is 0.317 e. The van der Waals surface area contributed by atoms with Crippen molar-refractivity contribution >= 4 is 11.9 Å². The molecular weight excluding hydrogens is 208 g/mol. The van der Waals surface area contributed by atoms with Gasteiger partial charge >= 0.3 is 5.97 Å². The number of carboxylic acid groups (broad SMARTS) is 1. The summed E-state index contributed by atoms with van der Waals surface area (Å²) in [6.45, 7) is 1.57. The number of aliphatic carboxylic acids is 1. The van der Waals surface area contributed by atoms with Crippen LogP contribution in [0.5, 0.6) is 0 Å². The van der Waals surface area contributed by atoms with E-state index in [4.69, 9.17) is 5.11 Å². The first-order valence-electron chi connectivity index (χ1n) is 5.89. The average molecular weight is 226 g/mol. The Bertz CT molecular complexity index is 289. The van der Waals surface area contributed by atoms with Crippen LogP contribution in [0.2, 0.25) is 0 Å². The third kappa shape index (κ3) is 3.20. The fraction of sp³-hybridized carbons (Fsp3) is 0.818. The molecule has 1 aliphatic heterocycles. The average Bonchev–Trinajstić information content (AvgIpc) is 2.99. The number of nitrogens with one attached hydrogen (secondary N) is 1. The second-order valence-electron chi connectivity index (χ2n) is 4.75. The molecule has 0 aromatic carbocycles. The fourth-order valence-corrected chi connectivity index (χ4v) is 2.17. The number of hydrogen-bond acceptors (Lipinski definition) is 3. The number of piperidine rings is 1. The van der Waals surface area contributed by atoms with Gasteiger partial charge in [0, 0.05) is 18.5 Å². The quantitative estimate of drug-likeness (QED) is 0.711. The van der Waals surface area contributed by atoms with E-state index >= 15 is 0 Å². The molecule has 0 spiro atoms. The van der Waals surface area contributed by atoms with Crippen LogP contribution in [-0.2, 0) is 9.59 Å². The molecule has 2 rings (SSSR count). The van der Waals surface area contributed by atoms with Gasteiger partial charge in [0.25, 0.3) is 0 Å². The lowest BCUT2D eigenvalue weighted by Gasteiger charge is -2.32. The predicted molar refractivity (Wildman–Crippen MR) is 58.0 cm³/mol. The molecule has 2 aliphatic rings. The van der Waals surface area contributed by atoms with E-state index in [0.717, 1.165) is 32.2 Å². The Balaban J connectivity index is 1.76. The van der Waals surface area contributed by atoms with Crippen LogP contribution in [0.15, 0.2) is 0 Å². The predicted octanol–water partition coefficient (Wildman–Crippen LogP) is 0.0616. The Morgan fingerprint density at radius 2 is 2.06 bits per heavy atom. The van der Waals surface area contributed by atoms with Gasteiger partial charge < -0.3 is 10.4 Å². The van der Waals surface area contributed by atoms with Crippen LogP contribution < -0.4 is 5.32 Å². The van der Waals surface area contributed by atoms with Crippen LogP contribution in [0.3, 0.4) is 0 Å². The number of likely N-dealkylation sites (tertiary alicyclic amines) is 1. The smallest absolute Gasteiger partial charge is 0.317 e. The van der Waals surface area contributed by atoms with Gasteiger partial charge in [-0.2, -0.15) is 0 Å². The third-order valence-electron chi connectivity index (χ3n) is 3.16. The minimum Gasteiger partial charge on any atom is -0.480 e. The number of carbonyl (C=O) groups excluding carboxylic acids is 1. The number of nitrogens with zero attached hydrogens (tertiary/aromatic N) is 1. The van der Waals surface area contributed by atoms with E-state index in [0.29, 0.717) is 6.54 Å². The van der Waals surface area contributed by atoms with E-state index in [1.54, 1.807) is 0 Å². The van der Waals surface area contributed by atoms with Crippen molar-refractivity contribution in [3.8, 4) is 0 Å². The van der Waals surface area contributed by atoms with Gasteiger partial charge in [0.05, 0.1) is 6.54 Å². The molecule has 16 heavy (non-hydrogen) atoms. The molecule has 1 saturated carbocycles. The highest BCUT2D eigenvalue weighted by molar-refractivity contribution is 5.81. The normalized spacial score (nSPS) is 26.4. The monoisotopic (exact) mass is 226 g/mol. The highest BCUT2D eigenvalue weighted by atomic mass is 16.4. The van der Waals surface area contributed by atoms with Gasteiger partial charge in [0.2, 0.25) is 5.91 Å². The van der Waals surface area contributed by atoms with Crippen molar-refractivity contribution in [3.05, 3.63) is 0 Å². The van der Waals surface area contributed by atoms with Crippen molar-refractivity contribution in [3.63, 3.8) is 0 Å². The summed E-state index contributed by atoms with van der Waals surface area (Å²) in [7, 11) is 0. The Hall–Kier alpha value is -1.10. The van der Waals surface area contributed by atoms with Crippen molar-refractivity contribution in [2.75, 3.05) is 19.6 Å². The van der Waals surface area contributed by atoms with Gasteiger partial charge in [-0.3, -0.25) is 14.5 Å². The van der Waals surface area contributed by atoms with Crippen LogP contribution in [0.25, 0.3) is 0 Å². The van der Waals surface area contributed by atoms with Crippen molar-refractivity contribution in [2.24, 2.45) is 5.92 Å². The van der Waals surface area contributed by atoms with Crippen LogP contribution in [0, 0.1) is 5.92 Å². The minimum absolute atomic E-state index is 0.0792. The van der Waals surface area contributed by atoms with Crippen molar-refractivity contribution in [1.82, 2.24) is 10.2 Å². The molecule has 5 nitrogen and oxygen atoms in total. The lowest BCUT2D eigenvalue weighted by atomic mass is 10.1. The summed E-state index contributed by atoms with van der Waals surface area (Å²) in [5.41, 5.74) is 0. The largest absolute Gasteiger partial charge is 0.480 e. The molecule has 90 valence electrons. The number of hydrogen-bond donors (Lipinski definition) is 2. The maximum atomic E-state index is 11.6. The SMILES string of the molecule is O=C(O)CN1CCCC(NC(=O)C2CC2)C1. The molecule has 0 bridgehead atoms. The highest BCUT2D eigenvalue weighted by Gasteiger charge is 2.32. The van der Waals surface area contributed by atoms with Crippen molar-refractivity contribution in [1.29, 1.82) is 0 Å². The summed E-state index contributed by atoms with van der Waals surface area (Å²) in [6.07, 6.45) is 3.95. The minimum atomic E-state index is -0.797. The van der Waals surface area contributed by atoms with Gasteiger partial charge in [-0.25, -0.2) is 0 Å². The summed E-state index contributed by atoms with van der Waals surface area (Å²) < 4.78 is 0. The standard InChI is InChI=1S/C11H18N2O3/c14-10(15)7-13-5-1-2-9(6-13)12-11(16)8-3-4-8/h8-9H,1-7H2,(H,12,16)(H,14,15). The first-order valence-corrected chi connectivity index (χ1v) is 5.89. The topological polar surface area (TPSA) is 69.6 Å². The van der Waals surface area contributed by atoms with E-state index in [2.05, 4.69) is 5.32 Å². The van der Waals surface area contributed by atoms with E-state index in [1.807, 2.05) is 4.90 Å². The van der Waals surface area contributed by atoms with Crippen LogP contribution >= 0.6 is 0 Å². The number of rotatable bonds is 4. The molecule has 1 atom stereocenters. The lowest BCUT2D eigenvalue weighted by molar-refractivity contribution is -0.138. The molecule has 2 fully saturated rings. The Morgan fingerprint density at radius 1 is 1.31 bits per heavy atom. The van der Waals surface area contributed by atoms with Crippen LogP contribution in [0.4, 0.5) is 0 Å². The van der Waals surface area contributed by atoms with Gasteiger partial charge in [-0.05, 0) is 32.2 Å². The molecule has 0 radical (unpaired) electrons. The molecule has 1 amide bonds. The molecule has 1 saturated heterocycles. The van der Waals surface area contributed by atoms with Gasteiger partial charge in [0.1, 0.15) is 0 Å². The second kappa shape index (κ2) is 4.82. The van der Waals surface area contributed by atoms with Gasteiger partial charge in [-0.15, -0.1) is 0 Å². The molecule has 1 unspecified atom stereocenters. The molecule has 2 N–H and O–H groups in total.